The van der Waals surface area contributed by atoms with Gasteiger partial charge in [-0.15, -0.1) is 11.3 Å². The van der Waals surface area contributed by atoms with Crippen LogP contribution in [-0.2, 0) is 16.4 Å². The number of hydrogen-bond acceptors (Lipinski definition) is 3. The number of aryl methyl sites for hydroxylation is 1. The van der Waals surface area contributed by atoms with Crippen molar-refractivity contribution in [3.8, 4) is 0 Å². The molecule has 0 bridgehead atoms. The van der Waals surface area contributed by atoms with Crippen molar-refractivity contribution >= 4 is 43.0 Å². The molecule has 0 atom stereocenters. The molecular formula is C12H12BrNO2S2. The van der Waals surface area contributed by atoms with Crippen molar-refractivity contribution in [1.29, 1.82) is 0 Å². The van der Waals surface area contributed by atoms with E-state index in [-0.39, 0.29) is 0 Å². The zero-order chi connectivity index (χ0) is 13.2. The van der Waals surface area contributed by atoms with Crippen LogP contribution in [-0.4, -0.2) is 8.42 Å². The molecule has 0 unspecified atom stereocenters. The molecule has 3 nitrogen and oxygen atoms in total. The van der Waals surface area contributed by atoms with Gasteiger partial charge in [-0.25, -0.2) is 8.42 Å². The van der Waals surface area contributed by atoms with Crippen LogP contribution in [0, 0.1) is 0 Å². The zero-order valence-electron chi connectivity index (χ0n) is 9.68. The van der Waals surface area contributed by atoms with E-state index in [1.165, 1.54) is 16.9 Å². The molecule has 0 fully saturated rings. The lowest BCUT2D eigenvalue weighted by Gasteiger charge is -2.06. The topological polar surface area (TPSA) is 46.2 Å². The molecule has 0 saturated heterocycles. The summed E-state index contributed by atoms with van der Waals surface area (Å²) in [6, 6.07) is 10.7. The molecule has 0 radical (unpaired) electrons. The number of hydrogen-bond donors (Lipinski definition) is 1. The largest absolute Gasteiger partial charge is 0.279 e. The molecule has 0 spiro atoms. The van der Waals surface area contributed by atoms with Crippen molar-refractivity contribution < 1.29 is 8.42 Å². The van der Waals surface area contributed by atoms with E-state index in [0.29, 0.717) is 9.90 Å². The highest BCUT2D eigenvalue weighted by atomic mass is 79.9. The maximum atomic E-state index is 12.0. The average molecular weight is 346 g/mol. The Morgan fingerprint density at radius 1 is 1.17 bits per heavy atom. The van der Waals surface area contributed by atoms with Crippen LogP contribution in [0.15, 0.2) is 44.4 Å². The summed E-state index contributed by atoms with van der Waals surface area (Å²) in [5.74, 6) is 0. The molecule has 1 heterocycles. The van der Waals surface area contributed by atoms with Crippen molar-refractivity contribution in [2.45, 2.75) is 17.6 Å². The van der Waals surface area contributed by atoms with Crippen molar-refractivity contribution in [3.05, 3.63) is 45.7 Å². The van der Waals surface area contributed by atoms with E-state index in [1.54, 1.807) is 24.3 Å². The highest BCUT2D eigenvalue weighted by Crippen LogP contribution is 2.27. The van der Waals surface area contributed by atoms with E-state index in [2.05, 4.69) is 27.6 Å². The SMILES string of the molecule is CCc1ccc(NS(=O)(=O)c2ccc(Br)s2)cc1. The Hall–Kier alpha value is -0.850. The molecule has 1 N–H and O–H groups in total. The second kappa shape index (κ2) is 5.42. The summed E-state index contributed by atoms with van der Waals surface area (Å²) >= 11 is 4.44. The molecule has 18 heavy (non-hydrogen) atoms. The third-order valence-electron chi connectivity index (χ3n) is 2.43. The van der Waals surface area contributed by atoms with E-state index in [0.717, 1.165) is 10.2 Å². The number of sulfonamides is 1. The zero-order valence-corrected chi connectivity index (χ0v) is 12.9. The summed E-state index contributed by atoms with van der Waals surface area (Å²) in [6.45, 7) is 2.06. The Balaban J connectivity index is 2.22. The smallest absolute Gasteiger partial charge is 0.271 e. The maximum absolute atomic E-state index is 12.0. The summed E-state index contributed by atoms with van der Waals surface area (Å²) < 4.78 is 27.8. The van der Waals surface area contributed by atoms with Crippen LogP contribution in [0.4, 0.5) is 5.69 Å². The first-order chi connectivity index (χ1) is 8.51. The molecule has 1 aromatic heterocycles. The fourth-order valence-corrected chi connectivity index (χ4v) is 4.52. The van der Waals surface area contributed by atoms with E-state index < -0.39 is 10.0 Å². The Labute approximate surface area is 119 Å². The van der Waals surface area contributed by atoms with Crippen molar-refractivity contribution in [1.82, 2.24) is 0 Å². The van der Waals surface area contributed by atoms with Gasteiger partial charge in [-0.2, -0.15) is 0 Å². The molecule has 96 valence electrons. The van der Waals surface area contributed by atoms with Gasteiger partial charge in [0.1, 0.15) is 4.21 Å². The van der Waals surface area contributed by atoms with Crippen LogP contribution in [0.5, 0.6) is 0 Å². The van der Waals surface area contributed by atoms with Crippen LogP contribution in [0.1, 0.15) is 12.5 Å². The molecular weight excluding hydrogens is 334 g/mol. The first-order valence-electron chi connectivity index (χ1n) is 5.38. The lowest BCUT2D eigenvalue weighted by Crippen LogP contribution is -2.11. The van der Waals surface area contributed by atoms with Crippen molar-refractivity contribution in [2.24, 2.45) is 0 Å². The number of anilines is 1. The summed E-state index contributed by atoms with van der Waals surface area (Å²) in [6.07, 6.45) is 0.935. The quantitative estimate of drug-likeness (QED) is 0.913. The number of benzene rings is 1. The van der Waals surface area contributed by atoms with Gasteiger partial charge >= 0.3 is 0 Å². The summed E-state index contributed by atoms with van der Waals surface area (Å²) in [5.41, 5.74) is 1.76. The summed E-state index contributed by atoms with van der Waals surface area (Å²) in [4.78, 5) is 0. The number of halogens is 1. The molecule has 1 aromatic carbocycles. The number of rotatable bonds is 4. The lowest BCUT2D eigenvalue weighted by molar-refractivity contribution is 0.603. The second-order valence-electron chi connectivity index (χ2n) is 3.71. The maximum Gasteiger partial charge on any atom is 0.271 e. The van der Waals surface area contributed by atoms with Gasteiger partial charge in [0.05, 0.1) is 3.79 Å². The van der Waals surface area contributed by atoms with Gasteiger partial charge in [-0.3, -0.25) is 4.72 Å². The van der Waals surface area contributed by atoms with Gasteiger partial charge < -0.3 is 0 Å². The summed E-state index contributed by atoms with van der Waals surface area (Å²) in [5, 5.41) is 0. The predicted octanol–water partition coefficient (Wildman–Crippen LogP) is 3.87. The van der Waals surface area contributed by atoms with Crippen LogP contribution in [0.3, 0.4) is 0 Å². The van der Waals surface area contributed by atoms with Gasteiger partial charge in [0.15, 0.2) is 0 Å². The van der Waals surface area contributed by atoms with Crippen molar-refractivity contribution in [3.63, 3.8) is 0 Å². The standard InChI is InChI=1S/C12H12BrNO2S2/c1-2-9-3-5-10(6-4-9)14-18(15,16)12-8-7-11(13)17-12/h3-8,14H,2H2,1H3. The van der Waals surface area contributed by atoms with Crippen LogP contribution in [0.2, 0.25) is 0 Å². The van der Waals surface area contributed by atoms with Gasteiger partial charge in [0, 0.05) is 5.69 Å². The molecule has 2 aromatic rings. The predicted molar refractivity (Wildman–Crippen MR) is 78.6 cm³/mol. The number of thiophene rings is 1. The van der Waals surface area contributed by atoms with Gasteiger partial charge in [-0.1, -0.05) is 19.1 Å². The minimum Gasteiger partial charge on any atom is -0.279 e. The Morgan fingerprint density at radius 2 is 1.83 bits per heavy atom. The minimum atomic E-state index is -3.47. The third-order valence-corrected chi connectivity index (χ3v) is 5.92. The van der Waals surface area contributed by atoms with E-state index in [9.17, 15) is 8.42 Å². The Morgan fingerprint density at radius 3 is 2.33 bits per heavy atom. The first-order valence-corrected chi connectivity index (χ1v) is 8.47. The Bertz CT molecular complexity index is 632. The van der Waals surface area contributed by atoms with E-state index >= 15 is 0 Å². The molecule has 2 rings (SSSR count). The van der Waals surface area contributed by atoms with Gasteiger partial charge in [0.25, 0.3) is 10.0 Å². The molecule has 0 aliphatic rings. The lowest BCUT2D eigenvalue weighted by atomic mass is 10.2. The molecule has 0 aliphatic carbocycles. The number of nitrogens with one attached hydrogen (secondary N) is 1. The molecule has 0 saturated carbocycles. The third kappa shape index (κ3) is 3.13. The van der Waals surface area contributed by atoms with Crippen LogP contribution < -0.4 is 4.72 Å². The highest BCUT2D eigenvalue weighted by molar-refractivity contribution is 9.11. The van der Waals surface area contributed by atoms with Crippen LogP contribution in [0.25, 0.3) is 0 Å². The highest BCUT2D eigenvalue weighted by Gasteiger charge is 2.16. The molecule has 0 amide bonds. The fourth-order valence-electron chi connectivity index (χ4n) is 1.46. The average Bonchev–Trinajstić information content (AvgIpc) is 2.77. The van der Waals surface area contributed by atoms with Gasteiger partial charge in [-0.05, 0) is 52.2 Å². The second-order valence-corrected chi connectivity index (χ2v) is 8.09. The van der Waals surface area contributed by atoms with Crippen molar-refractivity contribution in [2.75, 3.05) is 4.72 Å². The summed E-state index contributed by atoms with van der Waals surface area (Å²) in [7, 11) is -3.47. The van der Waals surface area contributed by atoms with E-state index in [4.69, 9.17) is 0 Å². The Kier molecular flexibility index (Phi) is 4.09. The minimum absolute atomic E-state index is 0.300. The first kappa shape index (κ1) is 13.6. The normalized spacial score (nSPS) is 11.4. The van der Waals surface area contributed by atoms with Crippen LogP contribution >= 0.6 is 27.3 Å². The van der Waals surface area contributed by atoms with Gasteiger partial charge in [0.2, 0.25) is 0 Å². The molecule has 0 aliphatic heterocycles. The van der Waals surface area contributed by atoms with E-state index in [1.807, 2.05) is 12.1 Å². The molecule has 6 heteroatoms. The fraction of sp³-hybridized carbons (Fsp3) is 0.167. The monoisotopic (exact) mass is 345 g/mol.